The van der Waals surface area contributed by atoms with E-state index in [0.29, 0.717) is 13.2 Å². The van der Waals surface area contributed by atoms with Crippen LogP contribution in [0.2, 0.25) is 0 Å². The third kappa shape index (κ3) is 6.72. The monoisotopic (exact) mass is 289 g/mol. The molecule has 14 heavy (non-hydrogen) atoms. The second-order valence-corrected chi connectivity index (χ2v) is 5.52. The van der Waals surface area contributed by atoms with Gasteiger partial charge in [0.25, 0.3) is 0 Å². The number of alkyl halides is 1. The van der Waals surface area contributed by atoms with E-state index in [1.165, 1.54) is 0 Å². The van der Waals surface area contributed by atoms with Crippen LogP contribution in [0.15, 0.2) is 0 Å². The highest BCUT2D eigenvalue weighted by Gasteiger charge is 2.13. The molecule has 0 bridgehead atoms. The van der Waals surface area contributed by atoms with Gasteiger partial charge in [-0.15, -0.1) is 0 Å². The highest BCUT2D eigenvalue weighted by atomic mass is 79.9. The molecule has 86 valence electrons. The molecular formula is C7H16BrNO4S. The number of sulfonamides is 1. The number of nitrogens with one attached hydrogen (secondary N) is 1. The first-order valence-corrected chi connectivity index (χ1v) is 7.09. The molecule has 0 aliphatic carbocycles. The molecule has 0 spiro atoms. The predicted molar refractivity (Wildman–Crippen MR) is 57.8 cm³/mol. The Hall–Kier alpha value is 0.310. The van der Waals surface area contributed by atoms with Crippen LogP contribution in [-0.4, -0.2) is 39.1 Å². The molecule has 0 radical (unpaired) electrons. The van der Waals surface area contributed by atoms with E-state index >= 15 is 0 Å². The maximum atomic E-state index is 11.0. The fraction of sp³-hybridized carbons (Fsp3) is 1.00. The highest BCUT2D eigenvalue weighted by molar-refractivity contribution is 9.10. The van der Waals surface area contributed by atoms with Crippen molar-refractivity contribution in [1.29, 1.82) is 0 Å². The Labute approximate surface area is 93.3 Å². The van der Waals surface area contributed by atoms with Crippen LogP contribution in [0, 0.1) is 0 Å². The number of ether oxygens (including phenoxy) is 2. The zero-order chi connectivity index (χ0) is 11.0. The van der Waals surface area contributed by atoms with Gasteiger partial charge >= 0.3 is 0 Å². The lowest BCUT2D eigenvalue weighted by Crippen LogP contribution is -2.35. The van der Waals surface area contributed by atoms with Crippen molar-refractivity contribution in [3.05, 3.63) is 0 Å². The van der Waals surface area contributed by atoms with Gasteiger partial charge in [-0.2, -0.15) is 0 Å². The Morgan fingerprint density at radius 1 is 1.29 bits per heavy atom. The fourth-order valence-corrected chi connectivity index (χ4v) is 1.72. The van der Waals surface area contributed by atoms with Crippen LogP contribution in [0.5, 0.6) is 0 Å². The molecule has 0 amide bonds. The molecule has 0 rings (SSSR count). The van der Waals surface area contributed by atoms with Gasteiger partial charge in [0.15, 0.2) is 6.29 Å². The molecule has 0 saturated carbocycles. The van der Waals surface area contributed by atoms with Crippen LogP contribution in [-0.2, 0) is 19.5 Å². The Bertz CT molecular complexity index is 226. The van der Waals surface area contributed by atoms with Crippen molar-refractivity contribution in [2.45, 2.75) is 20.1 Å². The topological polar surface area (TPSA) is 64.6 Å². The van der Waals surface area contributed by atoms with E-state index in [-0.39, 0.29) is 11.2 Å². The first-order chi connectivity index (χ1) is 6.55. The molecular weight excluding hydrogens is 274 g/mol. The summed E-state index contributed by atoms with van der Waals surface area (Å²) in [6.45, 7) is 4.76. The van der Waals surface area contributed by atoms with E-state index in [9.17, 15) is 8.42 Å². The average Bonchev–Trinajstić information content (AvgIpc) is 2.15. The van der Waals surface area contributed by atoms with E-state index in [0.717, 1.165) is 0 Å². The number of halogens is 1. The Morgan fingerprint density at radius 2 is 1.79 bits per heavy atom. The van der Waals surface area contributed by atoms with Crippen molar-refractivity contribution in [3.8, 4) is 0 Å². The Kier molecular flexibility index (Phi) is 7.75. The van der Waals surface area contributed by atoms with Crippen LogP contribution in [0.3, 0.4) is 0 Å². The lowest BCUT2D eigenvalue weighted by atomic mass is 10.6. The zero-order valence-corrected chi connectivity index (χ0v) is 10.7. The van der Waals surface area contributed by atoms with E-state index in [1.807, 2.05) is 13.8 Å². The van der Waals surface area contributed by atoms with Gasteiger partial charge in [-0.05, 0) is 13.8 Å². The van der Waals surface area contributed by atoms with Crippen molar-refractivity contribution in [2.75, 3.05) is 24.4 Å². The molecule has 5 nitrogen and oxygen atoms in total. The minimum Gasteiger partial charge on any atom is -0.352 e. The lowest BCUT2D eigenvalue weighted by molar-refractivity contribution is -0.130. The van der Waals surface area contributed by atoms with E-state index in [2.05, 4.69) is 20.7 Å². The summed E-state index contributed by atoms with van der Waals surface area (Å²) in [5.41, 5.74) is 0. The van der Waals surface area contributed by atoms with Crippen molar-refractivity contribution in [1.82, 2.24) is 4.72 Å². The molecule has 1 N–H and O–H groups in total. The van der Waals surface area contributed by atoms with E-state index < -0.39 is 16.3 Å². The summed E-state index contributed by atoms with van der Waals surface area (Å²) in [6, 6.07) is 0. The first-order valence-electron chi connectivity index (χ1n) is 4.32. The smallest absolute Gasteiger partial charge is 0.221 e. The molecule has 0 fully saturated rings. The van der Waals surface area contributed by atoms with Crippen LogP contribution in [0.25, 0.3) is 0 Å². The number of hydrogen-bond acceptors (Lipinski definition) is 4. The van der Waals surface area contributed by atoms with Crippen LogP contribution < -0.4 is 4.72 Å². The third-order valence-electron chi connectivity index (χ3n) is 1.32. The van der Waals surface area contributed by atoms with Crippen molar-refractivity contribution in [2.24, 2.45) is 0 Å². The molecule has 7 heteroatoms. The number of rotatable bonds is 8. The molecule has 0 aromatic carbocycles. The normalized spacial score (nSPS) is 12.3. The van der Waals surface area contributed by atoms with Crippen molar-refractivity contribution < 1.29 is 17.9 Å². The van der Waals surface area contributed by atoms with Gasteiger partial charge in [-0.25, -0.2) is 13.1 Å². The molecule has 0 aliphatic rings. The standard InChI is InChI=1S/C7H16BrNO4S/c1-3-12-7(13-4-2)5-9-14(10,11)6-8/h7,9H,3-6H2,1-2H3. The first kappa shape index (κ1) is 14.3. The summed E-state index contributed by atoms with van der Waals surface area (Å²) < 4.78 is 34.6. The van der Waals surface area contributed by atoms with Crippen LogP contribution in [0.1, 0.15) is 13.8 Å². The zero-order valence-electron chi connectivity index (χ0n) is 8.32. The largest absolute Gasteiger partial charge is 0.352 e. The second kappa shape index (κ2) is 7.58. The molecule has 0 saturated heterocycles. The van der Waals surface area contributed by atoms with Gasteiger partial charge in [0.05, 0.1) is 6.54 Å². The van der Waals surface area contributed by atoms with Crippen LogP contribution >= 0.6 is 15.9 Å². The fourth-order valence-electron chi connectivity index (χ4n) is 0.771. The van der Waals surface area contributed by atoms with Gasteiger partial charge in [-0.1, -0.05) is 15.9 Å². The summed E-state index contributed by atoms with van der Waals surface area (Å²) in [6.07, 6.45) is -0.515. The molecule has 0 aromatic rings. The average molecular weight is 290 g/mol. The summed E-state index contributed by atoms with van der Waals surface area (Å²) >= 11 is 2.87. The van der Waals surface area contributed by atoms with Crippen molar-refractivity contribution in [3.63, 3.8) is 0 Å². The van der Waals surface area contributed by atoms with Gasteiger partial charge in [0.2, 0.25) is 10.0 Å². The third-order valence-corrected chi connectivity index (χ3v) is 4.02. The summed E-state index contributed by atoms with van der Waals surface area (Å²) in [7, 11) is -3.24. The summed E-state index contributed by atoms with van der Waals surface area (Å²) in [4.78, 5) is 0. The SMILES string of the molecule is CCOC(CNS(=O)(=O)CBr)OCC. The lowest BCUT2D eigenvalue weighted by Gasteiger charge is -2.16. The van der Waals surface area contributed by atoms with Gasteiger partial charge in [-0.3, -0.25) is 0 Å². The summed E-state index contributed by atoms with van der Waals surface area (Å²) in [5.74, 6) is 0. The Morgan fingerprint density at radius 3 is 2.14 bits per heavy atom. The highest BCUT2D eigenvalue weighted by Crippen LogP contribution is 1.96. The van der Waals surface area contributed by atoms with Gasteiger partial charge in [0.1, 0.15) is 4.66 Å². The Balaban J connectivity index is 3.92. The van der Waals surface area contributed by atoms with Gasteiger partial charge in [0, 0.05) is 13.2 Å². The van der Waals surface area contributed by atoms with Gasteiger partial charge < -0.3 is 9.47 Å². The maximum Gasteiger partial charge on any atom is 0.221 e. The maximum absolute atomic E-state index is 11.0. The minimum atomic E-state index is -3.24. The summed E-state index contributed by atoms with van der Waals surface area (Å²) in [5, 5.41) is 0. The minimum absolute atomic E-state index is 0.120. The molecule has 0 heterocycles. The van der Waals surface area contributed by atoms with Crippen molar-refractivity contribution >= 4 is 26.0 Å². The molecule has 0 aliphatic heterocycles. The number of hydrogen-bond donors (Lipinski definition) is 1. The van der Waals surface area contributed by atoms with Crippen LogP contribution in [0.4, 0.5) is 0 Å². The van der Waals surface area contributed by atoms with E-state index in [4.69, 9.17) is 9.47 Å². The predicted octanol–water partition coefficient (Wildman–Crippen LogP) is 0.657. The van der Waals surface area contributed by atoms with E-state index in [1.54, 1.807) is 0 Å². The second-order valence-electron chi connectivity index (χ2n) is 2.41. The quantitative estimate of drug-likeness (QED) is 0.527. The molecule has 0 unspecified atom stereocenters. The molecule has 0 atom stereocenters. The molecule has 0 aromatic heterocycles.